The Morgan fingerprint density at radius 2 is 2.00 bits per heavy atom. The second kappa shape index (κ2) is 5.85. The van der Waals surface area contributed by atoms with Crippen LogP contribution in [0.3, 0.4) is 0 Å². The molecule has 1 heterocycles. The molecule has 0 aliphatic rings. The number of hydrogen-bond acceptors (Lipinski definition) is 3. The number of thioether (sulfide) groups is 1. The van der Waals surface area contributed by atoms with E-state index in [0.29, 0.717) is 0 Å². The second-order valence-corrected chi connectivity index (χ2v) is 4.84. The topological polar surface area (TPSA) is 25.8 Å². The highest BCUT2D eigenvalue weighted by molar-refractivity contribution is 7.99. The first-order chi connectivity index (χ1) is 7.92. The number of nitrogens with zero attached hydrogens (tertiary/aromatic N) is 2. The van der Waals surface area contributed by atoms with Gasteiger partial charge in [0, 0.05) is 5.39 Å². The van der Waals surface area contributed by atoms with Gasteiger partial charge in [-0.3, -0.25) is 0 Å². The van der Waals surface area contributed by atoms with Crippen LogP contribution in [0.2, 0.25) is 0 Å². The van der Waals surface area contributed by atoms with Crippen LogP contribution in [-0.2, 0) is 0 Å². The predicted molar refractivity (Wildman–Crippen MR) is 69.8 cm³/mol. The van der Waals surface area contributed by atoms with Crippen molar-refractivity contribution in [2.24, 2.45) is 0 Å². The van der Waals surface area contributed by atoms with Crippen molar-refractivity contribution in [3.8, 4) is 0 Å². The first-order valence-corrected chi connectivity index (χ1v) is 6.73. The Hall–Kier alpha value is -1.09. The molecule has 0 amide bonds. The minimum Gasteiger partial charge on any atom is -0.236 e. The van der Waals surface area contributed by atoms with Gasteiger partial charge in [0.15, 0.2) is 0 Å². The molecule has 1 aromatic heterocycles. The number of aromatic nitrogens is 2. The Balaban J connectivity index is 2.11. The van der Waals surface area contributed by atoms with Crippen molar-refractivity contribution in [2.75, 3.05) is 5.75 Å². The van der Waals surface area contributed by atoms with Gasteiger partial charge in [-0.05, 0) is 18.2 Å². The first kappa shape index (κ1) is 11.4. The van der Waals surface area contributed by atoms with Gasteiger partial charge < -0.3 is 0 Å². The van der Waals surface area contributed by atoms with Crippen LogP contribution in [0.5, 0.6) is 0 Å². The number of fused-ring (bicyclic) bond motifs is 1. The maximum Gasteiger partial charge on any atom is 0.117 e. The molecule has 0 unspecified atom stereocenters. The van der Waals surface area contributed by atoms with Crippen LogP contribution in [0.1, 0.15) is 26.2 Å². The van der Waals surface area contributed by atoms with E-state index >= 15 is 0 Å². The minimum atomic E-state index is 1.04. The molecule has 0 saturated heterocycles. The molecule has 1 aromatic carbocycles. The summed E-state index contributed by atoms with van der Waals surface area (Å²) < 4.78 is 0. The maximum absolute atomic E-state index is 4.36. The summed E-state index contributed by atoms with van der Waals surface area (Å²) in [7, 11) is 0. The van der Waals surface area contributed by atoms with E-state index in [1.165, 1.54) is 24.6 Å². The molecule has 0 spiro atoms. The molecule has 0 atom stereocenters. The zero-order valence-electron chi connectivity index (χ0n) is 9.52. The quantitative estimate of drug-likeness (QED) is 0.444. The van der Waals surface area contributed by atoms with E-state index in [0.717, 1.165) is 16.3 Å². The third-order valence-electron chi connectivity index (χ3n) is 2.49. The van der Waals surface area contributed by atoms with Gasteiger partial charge in [-0.2, -0.15) is 0 Å². The molecular weight excluding hydrogens is 216 g/mol. The van der Waals surface area contributed by atoms with Crippen molar-refractivity contribution in [3.63, 3.8) is 0 Å². The highest BCUT2D eigenvalue weighted by atomic mass is 32.2. The van der Waals surface area contributed by atoms with Crippen LogP contribution in [0, 0.1) is 0 Å². The lowest BCUT2D eigenvalue weighted by atomic mass is 10.2. The van der Waals surface area contributed by atoms with Gasteiger partial charge in [0.25, 0.3) is 0 Å². The number of unbranched alkanes of at least 4 members (excludes halogenated alkanes) is 2. The molecule has 0 bridgehead atoms. The number of benzene rings is 1. The zero-order valence-corrected chi connectivity index (χ0v) is 10.3. The summed E-state index contributed by atoms with van der Waals surface area (Å²) in [6, 6.07) is 8.19. The SMILES string of the molecule is CCCCCSc1ncnc2ccccc12. The van der Waals surface area contributed by atoms with E-state index in [2.05, 4.69) is 23.0 Å². The Morgan fingerprint density at radius 3 is 2.88 bits per heavy atom. The highest BCUT2D eigenvalue weighted by Crippen LogP contribution is 2.24. The molecule has 0 saturated carbocycles. The van der Waals surface area contributed by atoms with Crippen LogP contribution < -0.4 is 0 Å². The van der Waals surface area contributed by atoms with Crippen LogP contribution in [0.25, 0.3) is 10.9 Å². The summed E-state index contributed by atoms with van der Waals surface area (Å²) in [5.41, 5.74) is 1.04. The van der Waals surface area contributed by atoms with E-state index in [4.69, 9.17) is 0 Å². The van der Waals surface area contributed by atoms with Crippen molar-refractivity contribution >= 4 is 22.7 Å². The Kier molecular flexibility index (Phi) is 4.17. The molecule has 0 radical (unpaired) electrons. The molecule has 0 aliphatic heterocycles. The lowest BCUT2D eigenvalue weighted by molar-refractivity contribution is 0.778. The molecule has 3 heteroatoms. The van der Waals surface area contributed by atoms with E-state index < -0.39 is 0 Å². The molecule has 16 heavy (non-hydrogen) atoms. The van der Waals surface area contributed by atoms with E-state index in [-0.39, 0.29) is 0 Å². The third-order valence-corrected chi connectivity index (χ3v) is 3.58. The Bertz CT molecular complexity index is 451. The van der Waals surface area contributed by atoms with Crippen molar-refractivity contribution < 1.29 is 0 Å². The molecule has 0 fully saturated rings. The molecule has 2 aromatic rings. The van der Waals surface area contributed by atoms with Crippen molar-refractivity contribution in [1.29, 1.82) is 0 Å². The molecule has 2 rings (SSSR count). The molecule has 2 nitrogen and oxygen atoms in total. The van der Waals surface area contributed by atoms with Crippen molar-refractivity contribution in [1.82, 2.24) is 9.97 Å². The fraction of sp³-hybridized carbons (Fsp3) is 0.385. The van der Waals surface area contributed by atoms with Crippen molar-refractivity contribution in [3.05, 3.63) is 30.6 Å². The average Bonchev–Trinajstić information content (AvgIpc) is 2.35. The molecule has 84 valence electrons. The predicted octanol–water partition coefficient (Wildman–Crippen LogP) is 3.91. The van der Waals surface area contributed by atoms with Gasteiger partial charge >= 0.3 is 0 Å². The van der Waals surface area contributed by atoms with Crippen LogP contribution in [0.4, 0.5) is 0 Å². The number of rotatable bonds is 5. The Morgan fingerprint density at radius 1 is 1.12 bits per heavy atom. The van der Waals surface area contributed by atoms with Gasteiger partial charge in [0.05, 0.1) is 5.52 Å². The van der Waals surface area contributed by atoms with Gasteiger partial charge in [0.1, 0.15) is 11.4 Å². The lowest BCUT2D eigenvalue weighted by Crippen LogP contribution is -1.88. The zero-order chi connectivity index (χ0) is 11.2. The summed E-state index contributed by atoms with van der Waals surface area (Å²) in [5, 5.41) is 2.29. The van der Waals surface area contributed by atoms with Crippen LogP contribution >= 0.6 is 11.8 Å². The van der Waals surface area contributed by atoms with E-state index in [9.17, 15) is 0 Å². The number of hydrogen-bond donors (Lipinski definition) is 0. The average molecular weight is 232 g/mol. The minimum absolute atomic E-state index is 1.04. The fourth-order valence-corrected chi connectivity index (χ4v) is 2.61. The van der Waals surface area contributed by atoms with Gasteiger partial charge in [-0.1, -0.05) is 38.0 Å². The fourth-order valence-electron chi connectivity index (χ4n) is 1.62. The van der Waals surface area contributed by atoms with E-state index in [1.54, 1.807) is 6.33 Å². The summed E-state index contributed by atoms with van der Waals surface area (Å²) in [5.74, 6) is 1.15. The summed E-state index contributed by atoms with van der Waals surface area (Å²) in [6.45, 7) is 2.23. The number of para-hydroxylation sites is 1. The standard InChI is InChI=1S/C13H16N2S/c1-2-3-6-9-16-13-11-7-4-5-8-12(11)14-10-15-13/h4-5,7-8,10H,2-3,6,9H2,1H3. The van der Waals surface area contributed by atoms with Gasteiger partial charge in [0.2, 0.25) is 0 Å². The Labute approximate surface area is 101 Å². The monoisotopic (exact) mass is 232 g/mol. The highest BCUT2D eigenvalue weighted by Gasteiger charge is 2.02. The third kappa shape index (κ3) is 2.73. The first-order valence-electron chi connectivity index (χ1n) is 5.74. The van der Waals surface area contributed by atoms with Crippen LogP contribution in [-0.4, -0.2) is 15.7 Å². The summed E-state index contributed by atoms with van der Waals surface area (Å²) in [6.07, 6.45) is 5.49. The molecule has 0 N–H and O–H groups in total. The van der Waals surface area contributed by atoms with Gasteiger partial charge in [-0.15, -0.1) is 11.8 Å². The molecule has 0 aliphatic carbocycles. The smallest absolute Gasteiger partial charge is 0.117 e. The van der Waals surface area contributed by atoms with Gasteiger partial charge in [-0.25, -0.2) is 9.97 Å². The lowest BCUT2D eigenvalue weighted by Gasteiger charge is -2.03. The summed E-state index contributed by atoms with van der Waals surface area (Å²) >= 11 is 1.84. The summed E-state index contributed by atoms with van der Waals surface area (Å²) in [4.78, 5) is 8.62. The maximum atomic E-state index is 4.36. The van der Waals surface area contributed by atoms with E-state index in [1.807, 2.05) is 30.0 Å². The van der Waals surface area contributed by atoms with Crippen molar-refractivity contribution in [2.45, 2.75) is 31.2 Å². The second-order valence-electron chi connectivity index (χ2n) is 3.75. The normalized spacial score (nSPS) is 10.8. The molecular formula is C13H16N2S. The largest absolute Gasteiger partial charge is 0.236 e. The van der Waals surface area contributed by atoms with Crippen LogP contribution in [0.15, 0.2) is 35.6 Å².